The second-order valence-electron chi connectivity index (χ2n) is 7.54. The van der Waals surface area contributed by atoms with Crippen LogP contribution in [0.5, 0.6) is 5.75 Å². The highest BCUT2D eigenvalue weighted by atomic mass is 35.5. The summed E-state index contributed by atoms with van der Waals surface area (Å²) in [5, 5.41) is 1.88. The van der Waals surface area contributed by atoms with E-state index in [2.05, 4.69) is 10.3 Å². The van der Waals surface area contributed by atoms with Crippen molar-refractivity contribution in [2.75, 3.05) is 11.9 Å². The maximum Gasteiger partial charge on any atom is 0.417 e. The summed E-state index contributed by atoms with van der Waals surface area (Å²) >= 11 is 5.91. The number of halogens is 5. The van der Waals surface area contributed by atoms with Gasteiger partial charge in [0.05, 0.1) is 17.2 Å². The lowest BCUT2D eigenvalue weighted by Gasteiger charge is -2.28. The second-order valence-corrected chi connectivity index (χ2v) is 7.94. The van der Waals surface area contributed by atoms with Crippen LogP contribution in [0, 0.1) is 5.82 Å². The van der Waals surface area contributed by atoms with Gasteiger partial charge in [-0.3, -0.25) is 14.6 Å². The first-order valence-electron chi connectivity index (χ1n) is 9.94. The molecule has 0 aliphatic carbocycles. The van der Waals surface area contributed by atoms with Crippen molar-refractivity contribution in [3.63, 3.8) is 0 Å². The van der Waals surface area contributed by atoms with Crippen molar-refractivity contribution in [3.05, 3.63) is 87.4 Å². The summed E-state index contributed by atoms with van der Waals surface area (Å²) in [6, 6.07) is 8.14. The van der Waals surface area contributed by atoms with Gasteiger partial charge in [0, 0.05) is 35.0 Å². The van der Waals surface area contributed by atoms with Crippen LogP contribution < -0.4 is 15.8 Å². The Hall–Kier alpha value is -3.66. The molecule has 11 heteroatoms. The summed E-state index contributed by atoms with van der Waals surface area (Å²) in [5.41, 5.74) is 4.53. The van der Waals surface area contributed by atoms with Crippen LogP contribution in [0.3, 0.4) is 0 Å². The van der Waals surface area contributed by atoms with Crippen LogP contribution in [0.1, 0.15) is 49.9 Å². The van der Waals surface area contributed by atoms with Crippen molar-refractivity contribution in [2.45, 2.75) is 18.5 Å². The number of nitrogens with zero attached hydrogens (tertiary/aromatic N) is 1. The van der Waals surface area contributed by atoms with Crippen molar-refractivity contribution in [3.8, 4) is 5.75 Å². The summed E-state index contributed by atoms with van der Waals surface area (Å²) in [6.45, 7) is 0.110. The summed E-state index contributed by atoms with van der Waals surface area (Å²) in [7, 11) is 0. The van der Waals surface area contributed by atoms with Gasteiger partial charge in [0.2, 0.25) is 0 Å². The number of carbonyl (C=O) groups is 2. The van der Waals surface area contributed by atoms with E-state index in [0.717, 1.165) is 18.2 Å². The Morgan fingerprint density at radius 2 is 1.88 bits per heavy atom. The minimum Gasteiger partial charge on any atom is -0.493 e. The molecule has 0 fully saturated rings. The molecule has 1 aromatic heterocycles. The van der Waals surface area contributed by atoms with E-state index in [0.29, 0.717) is 5.56 Å². The monoisotopic (exact) mass is 493 g/mol. The van der Waals surface area contributed by atoms with Crippen LogP contribution in [-0.2, 0) is 6.18 Å². The number of anilines is 1. The van der Waals surface area contributed by atoms with Crippen LogP contribution >= 0.6 is 11.6 Å². The third-order valence-electron chi connectivity index (χ3n) is 5.35. The SMILES string of the molecule is NC(=O)c1cc(NC(=O)c2cc(Cl)c(C(F)(F)F)cc2C2CCOc3cc(F)ccc32)ccn1. The van der Waals surface area contributed by atoms with E-state index >= 15 is 0 Å². The minimum absolute atomic E-state index is 0.0505. The van der Waals surface area contributed by atoms with Gasteiger partial charge in [-0.2, -0.15) is 13.2 Å². The first kappa shape index (κ1) is 23.5. The molecule has 1 aliphatic rings. The number of primary amides is 1. The van der Waals surface area contributed by atoms with Gasteiger partial charge in [-0.05, 0) is 42.3 Å². The number of nitrogens with one attached hydrogen (secondary N) is 1. The number of hydrogen-bond donors (Lipinski definition) is 2. The van der Waals surface area contributed by atoms with Crippen LogP contribution in [0.2, 0.25) is 5.02 Å². The topological polar surface area (TPSA) is 94.3 Å². The molecule has 3 aromatic rings. The summed E-state index contributed by atoms with van der Waals surface area (Å²) in [4.78, 5) is 28.3. The van der Waals surface area contributed by atoms with E-state index in [4.69, 9.17) is 22.1 Å². The lowest BCUT2D eigenvalue weighted by Crippen LogP contribution is -2.22. The van der Waals surface area contributed by atoms with Gasteiger partial charge in [0.15, 0.2) is 0 Å². The van der Waals surface area contributed by atoms with E-state index in [1.165, 1.54) is 30.5 Å². The highest BCUT2D eigenvalue weighted by Gasteiger charge is 2.37. The van der Waals surface area contributed by atoms with E-state index in [1.807, 2.05) is 0 Å². The average Bonchev–Trinajstić information content (AvgIpc) is 2.77. The van der Waals surface area contributed by atoms with Gasteiger partial charge in [0.1, 0.15) is 17.3 Å². The van der Waals surface area contributed by atoms with Gasteiger partial charge < -0.3 is 15.8 Å². The number of benzene rings is 2. The molecule has 6 nitrogen and oxygen atoms in total. The smallest absolute Gasteiger partial charge is 0.417 e. The van der Waals surface area contributed by atoms with Crippen LogP contribution in [-0.4, -0.2) is 23.4 Å². The fourth-order valence-corrected chi connectivity index (χ4v) is 4.09. The predicted octanol–water partition coefficient (Wildman–Crippen LogP) is 5.16. The molecule has 0 saturated carbocycles. The number of nitrogens with two attached hydrogens (primary N) is 1. The van der Waals surface area contributed by atoms with Gasteiger partial charge in [-0.1, -0.05) is 17.7 Å². The average molecular weight is 494 g/mol. The number of fused-ring (bicyclic) bond motifs is 1. The molecule has 0 radical (unpaired) electrons. The summed E-state index contributed by atoms with van der Waals surface area (Å²) in [5.74, 6) is -2.65. The Morgan fingerprint density at radius 1 is 1.12 bits per heavy atom. The number of amides is 2. The second kappa shape index (κ2) is 8.94. The largest absolute Gasteiger partial charge is 0.493 e. The maximum absolute atomic E-state index is 13.7. The van der Waals surface area contributed by atoms with E-state index in [9.17, 15) is 27.2 Å². The highest BCUT2D eigenvalue weighted by Crippen LogP contribution is 2.44. The molecule has 1 atom stereocenters. The van der Waals surface area contributed by atoms with Crippen molar-refractivity contribution in [1.82, 2.24) is 4.98 Å². The Labute approximate surface area is 195 Å². The first-order valence-corrected chi connectivity index (χ1v) is 10.3. The number of pyridine rings is 1. The number of alkyl halides is 3. The highest BCUT2D eigenvalue weighted by molar-refractivity contribution is 6.32. The summed E-state index contributed by atoms with van der Waals surface area (Å²) < 4.78 is 60.1. The molecule has 2 heterocycles. The Morgan fingerprint density at radius 3 is 2.59 bits per heavy atom. The van der Waals surface area contributed by atoms with Gasteiger partial charge in [-0.15, -0.1) is 0 Å². The summed E-state index contributed by atoms with van der Waals surface area (Å²) in [6.07, 6.45) is -3.27. The van der Waals surface area contributed by atoms with E-state index in [1.54, 1.807) is 0 Å². The fraction of sp³-hybridized carbons (Fsp3) is 0.174. The Balaban J connectivity index is 1.82. The van der Waals surface area contributed by atoms with Gasteiger partial charge in [-0.25, -0.2) is 4.39 Å². The molecular formula is C23H16ClF4N3O3. The van der Waals surface area contributed by atoms with Crippen molar-refractivity contribution in [2.24, 2.45) is 5.73 Å². The number of hydrogen-bond acceptors (Lipinski definition) is 4. The van der Waals surface area contributed by atoms with Gasteiger partial charge >= 0.3 is 6.18 Å². The molecular weight excluding hydrogens is 478 g/mol. The molecule has 0 bridgehead atoms. The third kappa shape index (κ3) is 4.67. The zero-order valence-electron chi connectivity index (χ0n) is 17.2. The molecule has 176 valence electrons. The zero-order chi connectivity index (χ0) is 24.6. The molecule has 0 spiro atoms. The molecule has 3 N–H and O–H groups in total. The zero-order valence-corrected chi connectivity index (χ0v) is 18.0. The molecule has 4 rings (SSSR count). The quantitative estimate of drug-likeness (QED) is 0.491. The molecule has 34 heavy (non-hydrogen) atoms. The number of ether oxygens (including phenoxy) is 1. The van der Waals surface area contributed by atoms with Crippen molar-refractivity contribution < 1.29 is 31.9 Å². The number of carbonyl (C=O) groups excluding carboxylic acids is 2. The Kier molecular flexibility index (Phi) is 6.18. The van der Waals surface area contributed by atoms with Crippen LogP contribution in [0.25, 0.3) is 0 Å². The lowest BCUT2D eigenvalue weighted by atomic mass is 9.83. The van der Waals surface area contributed by atoms with Crippen LogP contribution in [0.15, 0.2) is 48.7 Å². The first-order chi connectivity index (χ1) is 16.0. The predicted molar refractivity (Wildman–Crippen MR) is 116 cm³/mol. The standard InChI is InChI=1S/C23H16ClF4N3O3/c24-18-10-16(22(33)31-12-3-5-30-19(8-12)21(29)32)15(9-17(18)23(26,27)28)13-4-6-34-20-7-11(25)1-2-14(13)20/h1-3,5,7-10,13H,4,6H2,(H2,29,32)(H,30,31,33). The molecule has 0 saturated heterocycles. The minimum atomic E-state index is -4.76. The molecule has 1 unspecified atom stereocenters. The molecule has 2 aromatic carbocycles. The third-order valence-corrected chi connectivity index (χ3v) is 5.66. The number of aromatic nitrogens is 1. The van der Waals surface area contributed by atoms with E-state index in [-0.39, 0.29) is 41.3 Å². The number of rotatable bonds is 4. The van der Waals surface area contributed by atoms with Crippen LogP contribution in [0.4, 0.5) is 23.2 Å². The van der Waals surface area contributed by atoms with Crippen molar-refractivity contribution >= 4 is 29.1 Å². The molecule has 2 amide bonds. The lowest BCUT2D eigenvalue weighted by molar-refractivity contribution is -0.137. The van der Waals surface area contributed by atoms with Gasteiger partial charge in [0.25, 0.3) is 11.8 Å². The Bertz CT molecular complexity index is 1300. The fourth-order valence-electron chi connectivity index (χ4n) is 3.82. The van der Waals surface area contributed by atoms with Crippen molar-refractivity contribution in [1.29, 1.82) is 0 Å². The van der Waals surface area contributed by atoms with E-state index < -0.39 is 40.3 Å². The normalized spacial score (nSPS) is 15.3. The maximum atomic E-state index is 13.7. The molecule has 1 aliphatic heterocycles.